The molecule has 0 aliphatic rings. The van der Waals surface area contributed by atoms with E-state index >= 15 is 0 Å². The Labute approximate surface area is 117 Å². The zero-order valence-corrected chi connectivity index (χ0v) is 11.1. The van der Waals surface area contributed by atoms with Gasteiger partial charge >= 0.3 is 17.8 Å². The molecule has 0 saturated carbocycles. The van der Waals surface area contributed by atoms with Crippen molar-refractivity contribution in [2.45, 2.75) is 11.8 Å². The molecule has 0 atom stereocenters. The fraction of sp³-hybridized carbons (Fsp3) is 0.364. The lowest BCUT2D eigenvalue weighted by Crippen LogP contribution is -2.49. The fourth-order valence-corrected chi connectivity index (χ4v) is 1.90. The molecule has 5 nitrogen and oxygen atoms in total. The second-order valence-corrected chi connectivity index (χ2v) is 5.46. The van der Waals surface area contributed by atoms with Crippen LogP contribution in [-0.4, -0.2) is 43.1 Å². The van der Waals surface area contributed by atoms with Gasteiger partial charge in [0.2, 0.25) is 0 Å². The van der Waals surface area contributed by atoms with E-state index < -0.39 is 40.3 Å². The first-order chi connectivity index (χ1) is 9.45. The molecule has 0 N–H and O–H groups in total. The normalized spacial score (nSPS) is 13.0. The number of carbonyl (C=O) groups excluding carboxylic acids is 1. The van der Waals surface area contributed by atoms with Gasteiger partial charge in [0.25, 0.3) is 0 Å². The first-order valence-electron chi connectivity index (χ1n) is 5.36. The largest absolute Gasteiger partial charge is 0.748 e. The number of halogens is 4. The van der Waals surface area contributed by atoms with Crippen LogP contribution >= 0.6 is 0 Å². The van der Waals surface area contributed by atoms with Crippen molar-refractivity contribution in [3.05, 3.63) is 35.9 Å². The van der Waals surface area contributed by atoms with Crippen LogP contribution in [0.2, 0.25) is 0 Å². The van der Waals surface area contributed by atoms with Gasteiger partial charge in [-0.05, 0) is 12.1 Å². The Morgan fingerprint density at radius 2 is 1.62 bits per heavy atom. The summed E-state index contributed by atoms with van der Waals surface area (Å²) in [5, 5.41) is 0. The predicted octanol–water partition coefficient (Wildman–Crippen LogP) is 1.66. The Bertz CT molecular complexity index is 600. The molecular weight excluding hydrogens is 320 g/mol. The molecular formula is C11H9F4O5S-. The Morgan fingerprint density at radius 3 is 2.10 bits per heavy atom. The summed E-state index contributed by atoms with van der Waals surface area (Å²) in [5.41, 5.74) is -0.145. The van der Waals surface area contributed by atoms with E-state index in [2.05, 4.69) is 4.74 Å². The summed E-state index contributed by atoms with van der Waals surface area (Å²) in [5.74, 6) is -14.0. The van der Waals surface area contributed by atoms with E-state index in [9.17, 15) is 35.3 Å². The van der Waals surface area contributed by atoms with Crippen LogP contribution in [0, 0.1) is 0 Å². The molecule has 1 aromatic rings. The van der Waals surface area contributed by atoms with Crippen LogP contribution in [0.15, 0.2) is 30.3 Å². The first kappa shape index (κ1) is 17.4. The zero-order chi connectivity index (χ0) is 16.3. The average Bonchev–Trinajstić information content (AvgIpc) is 2.34. The van der Waals surface area contributed by atoms with Crippen LogP contribution in [0.3, 0.4) is 0 Å². The summed E-state index contributed by atoms with van der Waals surface area (Å²) >= 11 is 0. The highest BCUT2D eigenvalue weighted by atomic mass is 32.2. The minimum Gasteiger partial charge on any atom is -0.748 e. The van der Waals surface area contributed by atoms with Gasteiger partial charge in [-0.3, -0.25) is 0 Å². The van der Waals surface area contributed by atoms with Crippen molar-refractivity contribution in [2.75, 3.05) is 12.4 Å². The summed E-state index contributed by atoms with van der Waals surface area (Å²) in [4.78, 5) is 11.3. The summed E-state index contributed by atoms with van der Waals surface area (Å²) in [6, 6.07) is 6.74. The molecule has 118 valence electrons. The Morgan fingerprint density at radius 1 is 1.10 bits per heavy atom. The molecule has 0 aromatic heterocycles. The third-order valence-corrected chi connectivity index (χ3v) is 3.00. The summed E-state index contributed by atoms with van der Waals surface area (Å²) in [6.45, 7) is -2.05. The molecule has 0 saturated heterocycles. The second kappa shape index (κ2) is 5.98. The number of rotatable bonds is 6. The molecule has 1 rings (SSSR count). The molecule has 0 fully saturated rings. The van der Waals surface area contributed by atoms with Crippen molar-refractivity contribution in [3.8, 4) is 0 Å². The summed E-state index contributed by atoms with van der Waals surface area (Å²) in [7, 11) is -5.58. The highest BCUT2D eigenvalue weighted by Crippen LogP contribution is 2.35. The highest BCUT2D eigenvalue weighted by Gasteiger charge is 2.58. The van der Waals surface area contributed by atoms with Gasteiger partial charge in [0.05, 0.1) is 5.56 Å². The maximum absolute atomic E-state index is 13.2. The second-order valence-electron chi connectivity index (χ2n) is 4.05. The van der Waals surface area contributed by atoms with E-state index in [0.29, 0.717) is 0 Å². The van der Waals surface area contributed by atoms with E-state index in [4.69, 9.17) is 0 Å². The SMILES string of the molecule is O=C(OCC(F)(F)C(F)(F)CS(=O)(=O)[O-])c1ccccc1. The molecule has 0 spiro atoms. The summed E-state index contributed by atoms with van der Waals surface area (Å²) < 4.78 is 87.0. The van der Waals surface area contributed by atoms with Crippen LogP contribution < -0.4 is 0 Å². The standard InChI is InChI=1S/C11H10F4O5S/c12-10(13,11(14,15)7-21(17,18)19)6-20-9(16)8-4-2-1-3-5-8/h1-5H,6-7H2,(H,17,18,19)/p-1. The maximum atomic E-state index is 13.2. The van der Waals surface area contributed by atoms with E-state index in [0.717, 1.165) is 0 Å². The number of alkyl halides is 4. The Hall–Kier alpha value is -1.68. The van der Waals surface area contributed by atoms with E-state index in [1.165, 1.54) is 30.3 Å². The van der Waals surface area contributed by atoms with Crippen LogP contribution in [0.1, 0.15) is 10.4 Å². The number of benzene rings is 1. The van der Waals surface area contributed by atoms with E-state index in [1.54, 1.807) is 0 Å². The molecule has 0 heterocycles. The smallest absolute Gasteiger partial charge is 0.344 e. The van der Waals surface area contributed by atoms with Crippen molar-refractivity contribution in [2.24, 2.45) is 0 Å². The minimum absolute atomic E-state index is 0.145. The average molecular weight is 329 g/mol. The lowest BCUT2D eigenvalue weighted by atomic mass is 10.2. The van der Waals surface area contributed by atoms with Crippen molar-refractivity contribution in [3.63, 3.8) is 0 Å². The number of esters is 1. The van der Waals surface area contributed by atoms with Gasteiger partial charge < -0.3 is 9.29 Å². The molecule has 1 aromatic carbocycles. The molecule has 0 radical (unpaired) electrons. The number of carbonyl (C=O) groups is 1. The third-order valence-electron chi connectivity index (χ3n) is 2.29. The molecule has 0 aliphatic heterocycles. The van der Waals surface area contributed by atoms with Gasteiger partial charge in [0.1, 0.15) is 15.9 Å². The molecule has 0 unspecified atom stereocenters. The zero-order valence-electron chi connectivity index (χ0n) is 10.3. The summed E-state index contributed by atoms with van der Waals surface area (Å²) in [6.07, 6.45) is 0. The predicted molar refractivity (Wildman–Crippen MR) is 61.2 cm³/mol. The van der Waals surface area contributed by atoms with Gasteiger partial charge in [0.15, 0.2) is 6.61 Å². The fourth-order valence-electron chi connectivity index (χ4n) is 1.25. The number of hydrogen-bond acceptors (Lipinski definition) is 5. The topological polar surface area (TPSA) is 83.5 Å². The maximum Gasteiger partial charge on any atom is 0.344 e. The van der Waals surface area contributed by atoms with E-state index in [-0.39, 0.29) is 5.56 Å². The van der Waals surface area contributed by atoms with Crippen LogP contribution in [0.4, 0.5) is 17.6 Å². The van der Waals surface area contributed by atoms with Crippen molar-refractivity contribution in [1.29, 1.82) is 0 Å². The molecule has 0 amide bonds. The Kier molecular flexibility index (Phi) is 4.95. The number of hydrogen-bond donors (Lipinski definition) is 0. The van der Waals surface area contributed by atoms with Gasteiger partial charge in [-0.1, -0.05) is 18.2 Å². The van der Waals surface area contributed by atoms with Crippen LogP contribution in [-0.2, 0) is 14.9 Å². The molecule has 0 aliphatic carbocycles. The van der Waals surface area contributed by atoms with Gasteiger partial charge in [0, 0.05) is 0 Å². The van der Waals surface area contributed by atoms with Crippen molar-refractivity contribution in [1.82, 2.24) is 0 Å². The van der Waals surface area contributed by atoms with Crippen LogP contribution in [0.5, 0.6) is 0 Å². The monoisotopic (exact) mass is 329 g/mol. The van der Waals surface area contributed by atoms with Gasteiger partial charge in [-0.2, -0.15) is 17.6 Å². The molecule has 10 heteroatoms. The van der Waals surface area contributed by atoms with Gasteiger partial charge in [-0.15, -0.1) is 0 Å². The lowest BCUT2D eigenvalue weighted by Gasteiger charge is -2.26. The minimum atomic E-state index is -5.58. The highest BCUT2D eigenvalue weighted by molar-refractivity contribution is 7.85. The van der Waals surface area contributed by atoms with Crippen molar-refractivity contribution < 1.29 is 40.1 Å². The molecule has 0 bridgehead atoms. The van der Waals surface area contributed by atoms with Crippen LogP contribution in [0.25, 0.3) is 0 Å². The van der Waals surface area contributed by atoms with Gasteiger partial charge in [-0.25, -0.2) is 13.2 Å². The third kappa shape index (κ3) is 4.97. The number of ether oxygens (including phenoxy) is 1. The van der Waals surface area contributed by atoms with E-state index in [1.807, 2.05) is 0 Å². The quantitative estimate of drug-likeness (QED) is 0.450. The molecule has 21 heavy (non-hydrogen) atoms. The lowest BCUT2D eigenvalue weighted by molar-refractivity contribution is -0.213. The Balaban J connectivity index is 2.74. The van der Waals surface area contributed by atoms with Crippen molar-refractivity contribution >= 4 is 16.1 Å². The first-order valence-corrected chi connectivity index (χ1v) is 6.94.